The van der Waals surface area contributed by atoms with Gasteiger partial charge in [0.05, 0.1) is 20.4 Å². The van der Waals surface area contributed by atoms with Crippen LogP contribution in [0, 0.1) is 24.0 Å². The second kappa shape index (κ2) is 11.5. The number of para-hydroxylation sites is 1. The quantitative estimate of drug-likeness (QED) is 0.141. The SMILES string of the molecule is Cc1cc(C)nc(Sc2ccc(/C=C3/SC(=Nc4ccccc4)N(C4CCCCC4)C3=O)cc2[N+](=O)[O-])n1. The largest absolute Gasteiger partial charge is 0.283 e. The monoisotopic (exact) mass is 545 g/mol. The molecule has 3 aromatic rings. The molecule has 194 valence electrons. The van der Waals surface area contributed by atoms with Gasteiger partial charge in [-0.05, 0) is 86.1 Å². The van der Waals surface area contributed by atoms with E-state index in [1.54, 1.807) is 18.2 Å². The molecule has 0 bridgehead atoms. The number of aryl methyl sites for hydroxylation is 2. The lowest BCUT2D eigenvalue weighted by Crippen LogP contribution is -2.40. The maximum Gasteiger partial charge on any atom is 0.283 e. The lowest BCUT2D eigenvalue weighted by Gasteiger charge is -2.30. The third kappa shape index (κ3) is 5.97. The zero-order valence-corrected chi connectivity index (χ0v) is 22.8. The predicted octanol–water partition coefficient (Wildman–Crippen LogP) is 7.09. The van der Waals surface area contributed by atoms with E-state index in [0.29, 0.717) is 25.7 Å². The zero-order chi connectivity index (χ0) is 26.6. The summed E-state index contributed by atoms with van der Waals surface area (Å²) in [5.74, 6) is -0.0960. The first-order chi connectivity index (χ1) is 18.4. The van der Waals surface area contributed by atoms with Crippen LogP contribution in [0.25, 0.3) is 6.08 Å². The van der Waals surface area contributed by atoms with Gasteiger partial charge in [-0.25, -0.2) is 15.0 Å². The van der Waals surface area contributed by atoms with Crippen molar-refractivity contribution in [1.82, 2.24) is 14.9 Å². The van der Waals surface area contributed by atoms with Crippen LogP contribution in [0.4, 0.5) is 11.4 Å². The van der Waals surface area contributed by atoms with Gasteiger partial charge in [-0.1, -0.05) is 43.5 Å². The Morgan fingerprint density at radius 2 is 1.76 bits per heavy atom. The summed E-state index contributed by atoms with van der Waals surface area (Å²) in [6.07, 6.45) is 6.99. The Hall–Kier alpha value is -3.50. The van der Waals surface area contributed by atoms with E-state index in [-0.39, 0.29) is 17.6 Å². The van der Waals surface area contributed by atoms with E-state index in [1.165, 1.54) is 24.2 Å². The number of aromatic nitrogens is 2. The Bertz CT molecular complexity index is 1420. The van der Waals surface area contributed by atoms with Crippen LogP contribution in [-0.2, 0) is 4.79 Å². The Morgan fingerprint density at radius 1 is 1.05 bits per heavy atom. The van der Waals surface area contributed by atoms with Crippen LogP contribution in [0.15, 0.2) is 74.5 Å². The van der Waals surface area contributed by atoms with Gasteiger partial charge in [-0.2, -0.15) is 0 Å². The number of carbonyl (C=O) groups excluding carboxylic acids is 1. The number of benzene rings is 2. The molecule has 0 unspecified atom stereocenters. The van der Waals surface area contributed by atoms with Gasteiger partial charge in [0.1, 0.15) is 0 Å². The van der Waals surface area contributed by atoms with E-state index in [0.717, 1.165) is 54.5 Å². The molecule has 2 aliphatic rings. The van der Waals surface area contributed by atoms with E-state index < -0.39 is 4.92 Å². The van der Waals surface area contributed by atoms with Crippen molar-refractivity contribution in [2.24, 2.45) is 4.99 Å². The molecular weight excluding hydrogens is 518 g/mol. The maximum atomic E-state index is 13.6. The molecule has 1 saturated heterocycles. The number of amidine groups is 1. The standard InChI is InChI=1S/C28H27N5O3S2/c1-18-15-19(2)30-27(29-18)37-24-14-13-20(16-23(24)33(35)36)17-25-26(34)32(22-11-7-4-8-12-22)28(38-25)31-21-9-5-3-6-10-21/h3,5-6,9-10,13-17,22H,4,7-8,11-12H2,1-2H3/b25-17+,31-28?. The average molecular weight is 546 g/mol. The molecule has 1 saturated carbocycles. The molecule has 2 fully saturated rings. The van der Waals surface area contributed by atoms with Gasteiger partial charge in [0, 0.05) is 23.5 Å². The summed E-state index contributed by atoms with van der Waals surface area (Å²) in [5, 5.41) is 13.1. The molecule has 0 atom stereocenters. The number of aliphatic imine (C=N–C) groups is 1. The second-order valence-electron chi connectivity index (χ2n) is 9.33. The molecule has 2 heterocycles. The van der Waals surface area contributed by atoms with E-state index >= 15 is 0 Å². The van der Waals surface area contributed by atoms with Crippen LogP contribution in [0.2, 0.25) is 0 Å². The van der Waals surface area contributed by atoms with Gasteiger partial charge in [0.25, 0.3) is 11.6 Å². The normalized spacial score (nSPS) is 18.5. The molecule has 1 aromatic heterocycles. The number of rotatable bonds is 6. The maximum absolute atomic E-state index is 13.6. The van der Waals surface area contributed by atoms with Crippen molar-refractivity contribution in [2.75, 3.05) is 0 Å². The highest BCUT2D eigenvalue weighted by molar-refractivity contribution is 8.18. The third-order valence-electron chi connectivity index (χ3n) is 6.40. The van der Waals surface area contributed by atoms with Crippen LogP contribution in [0.3, 0.4) is 0 Å². The Morgan fingerprint density at radius 3 is 2.45 bits per heavy atom. The van der Waals surface area contributed by atoms with Crippen molar-refractivity contribution in [3.63, 3.8) is 0 Å². The number of nitro benzene ring substituents is 1. The van der Waals surface area contributed by atoms with Gasteiger partial charge in [-0.3, -0.25) is 19.8 Å². The summed E-state index contributed by atoms with van der Waals surface area (Å²) in [6.45, 7) is 3.73. The summed E-state index contributed by atoms with van der Waals surface area (Å²) in [7, 11) is 0. The minimum absolute atomic E-state index is 0.0510. The average Bonchev–Trinajstić information content (AvgIpc) is 3.19. The van der Waals surface area contributed by atoms with Crippen molar-refractivity contribution < 1.29 is 9.72 Å². The summed E-state index contributed by atoms with van der Waals surface area (Å²) in [6, 6.07) is 16.6. The molecule has 1 amide bonds. The van der Waals surface area contributed by atoms with Crippen molar-refractivity contribution in [2.45, 2.75) is 62.0 Å². The van der Waals surface area contributed by atoms with Crippen LogP contribution in [0.1, 0.15) is 49.1 Å². The van der Waals surface area contributed by atoms with Crippen LogP contribution in [0.5, 0.6) is 0 Å². The van der Waals surface area contributed by atoms with E-state index in [2.05, 4.69) is 9.97 Å². The first kappa shape index (κ1) is 26.1. The smallest absolute Gasteiger partial charge is 0.283 e. The van der Waals surface area contributed by atoms with Crippen molar-refractivity contribution in [3.8, 4) is 0 Å². The molecule has 0 N–H and O–H groups in total. The third-order valence-corrected chi connectivity index (χ3v) is 8.31. The van der Waals surface area contributed by atoms with Gasteiger partial charge in [0.15, 0.2) is 10.3 Å². The predicted molar refractivity (Wildman–Crippen MR) is 152 cm³/mol. The number of nitro groups is 1. The minimum atomic E-state index is -0.409. The number of nitrogens with zero attached hydrogens (tertiary/aromatic N) is 5. The summed E-state index contributed by atoms with van der Waals surface area (Å²) < 4.78 is 0. The van der Waals surface area contributed by atoms with Crippen molar-refractivity contribution >= 4 is 52.0 Å². The molecule has 10 heteroatoms. The Kier molecular flexibility index (Phi) is 7.90. The van der Waals surface area contributed by atoms with Gasteiger partial charge < -0.3 is 0 Å². The summed E-state index contributed by atoms with van der Waals surface area (Å²) in [5.41, 5.74) is 2.93. The lowest BCUT2D eigenvalue weighted by molar-refractivity contribution is -0.387. The van der Waals surface area contributed by atoms with E-state index in [9.17, 15) is 14.9 Å². The number of hydrogen-bond donors (Lipinski definition) is 0. The topological polar surface area (TPSA) is 102 Å². The Labute approximate surface area is 229 Å². The Balaban J connectivity index is 1.47. The van der Waals surface area contributed by atoms with Gasteiger partial charge >= 0.3 is 0 Å². The lowest BCUT2D eigenvalue weighted by atomic mass is 9.94. The fourth-order valence-corrected chi connectivity index (χ4v) is 6.69. The van der Waals surface area contributed by atoms with E-state index in [4.69, 9.17) is 4.99 Å². The fraction of sp³-hybridized carbons (Fsp3) is 0.286. The molecule has 0 radical (unpaired) electrons. The first-order valence-corrected chi connectivity index (χ1v) is 14.2. The molecule has 5 rings (SSSR count). The van der Waals surface area contributed by atoms with Gasteiger partial charge in [0.2, 0.25) is 0 Å². The number of thioether (sulfide) groups is 1. The highest BCUT2D eigenvalue weighted by atomic mass is 32.2. The minimum Gasteiger partial charge on any atom is -0.283 e. The summed E-state index contributed by atoms with van der Waals surface area (Å²) >= 11 is 2.49. The van der Waals surface area contributed by atoms with Crippen LogP contribution < -0.4 is 0 Å². The van der Waals surface area contributed by atoms with Crippen molar-refractivity contribution in [3.05, 3.63) is 86.6 Å². The molecule has 38 heavy (non-hydrogen) atoms. The van der Waals surface area contributed by atoms with E-state index in [1.807, 2.05) is 55.1 Å². The molecule has 8 nitrogen and oxygen atoms in total. The molecule has 1 aliphatic heterocycles. The number of carbonyl (C=O) groups is 1. The molecule has 0 spiro atoms. The molecule has 2 aromatic carbocycles. The van der Waals surface area contributed by atoms with Crippen LogP contribution in [-0.4, -0.2) is 36.9 Å². The van der Waals surface area contributed by atoms with Crippen molar-refractivity contribution in [1.29, 1.82) is 0 Å². The fourth-order valence-electron chi connectivity index (χ4n) is 4.68. The second-order valence-corrected chi connectivity index (χ2v) is 11.3. The first-order valence-electron chi connectivity index (χ1n) is 12.5. The highest BCUT2D eigenvalue weighted by Gasteiger charge is 2.38. The van der Waals surface area contributed by atoms with Crippen LogP contribution >= 0.6 is 23.5 Å². The zero-order valence-electron chi connectivity index (χ0n) is 21.2. The number of amides is 1. The van der Waals surface area contributed by atoms with Gasteiger partial charge in [-0.15, -0.1) is 0 Å². The summed E-state index contributed by atoms with van der Waals surface area (Å²) in [4.78, 5) is 41.5. The molecular formula is C28H27N5O3S2. The highest BCUT2D eigenvalue weighted by Crippen LogP contribution is 2.40. The molecule has 1 aliphatic carbocycles. The number of hydrogen-bond acceptors (Lipinski definition) is 8.